The van der Waals surface area contributed by atoms with E-state index in [4.69, 9.17) is 5.11 Å². The van der Waals surface area contributed by atoms with E-state index in [1.165, 1.54) is 12.8 Å². The summed E-state index contributed by atoms with van der Waals surface area (Å²) in [6.07, 6.45) is 6.30. The van der Waals surface area contributed by atoms with Gasteiger partial charge in [-0.3, -0.25) is 4.79 Å². The summed E-state index contributed by atoms with van der Waals surface area (Å²) in [5, 5.41) is 8.85. The van der Waals surface area contributed by atoms with Crippen molar-refractivity contribution in [2.45, 2.75) is 38.1 Å². The zero-order valence-electron chi connectivity index (χ0n) is 8.52. The molecule has 2 unspecified atom stereocenters. The quantitative estimate of drug-likeness (QED) is 0.795. The van der Waals surface area contributed by atoms with Gasteiger partial charge in [-0.2, -0.15) is 0 Å². The fourth-order valence-corrected chi connectivity index (χ4v) is 2.41. The van der Waals surface area contributed by atoms with Crippen LogP contribution in [0.2, 0.25) is 0 Å². The molecule has 1 fully saturated rings. The molecule has 0 aromatic carbocycles. The van der Waals surface area contributed by atoms with E-state index in [9.17, 15) is 4.79 Å². The zero-order valence-corrected chi connectivity index (χ0v) is 8.52. The van der Waals surface area contributed by atoms with Crippen LogP contribution >= 0.6 is 0 Å². The molecule has 1 aromatic rings. The minimum Gasteiger partial charge on any atom is -0.481 e. The van der Waals surface area contributed by atoms with E-state index in [2.05, 4.69) is 15.7 Å². The fraction of sp³-hybridized carbons (Fsp3) is 0.636. The lowest BCUT2D eigenvalue weighted by Crippen LogP contribution is -2.08. The summed E-state index contributed by atoms with van der Waals surface area (Å²) in [5.74, 6) is 0.473. The average Bonchev–Trinajstić information content (AvgIpc) is 2.91. The van der Waals surface area contributed by atoms with E-state index < -0.39 is 5.97 Å². The summed E-state index contributed by atoms with van der Waals surface area (Å²) in [6, 6.07) is 0. The van der Waals surface area contributed by atoms with Crippen LogP contribution in [0, 0.1) is 5.92 Å². The number of hydrogen-bond acceptors (Lipinski definition) is 2. The third-order valence-corrected chi connectivity index (χ3v) is 3.41. The van der Waals surface area contributed by atoms with Gasteiger partial charge in [0.1, 0.15) is 5.82 Å². The molecule has 0 saturated heterocycles. The van der Waals surface area contributed by atoms with Crippen molar-refractivity contribution in [2.24, 2.45) is 5.92 Å². The molecule has 1 saturated carbocycles. The molecule has 0 amide bonds. The maximum atomic E-state index is 10.8. The lowest BCUT2D eigenvalue weighted by molar-refractivity contribution is -0.138. The molecule has 80 valence electrons. The highest BCUT2D eigenvalue weighted by Crippen LogP contribution is 2.47. The van der Waals surface area contributed by atoms with Crippen LogP contribution in [0.4, 0.5) is 0 Å². The summed E-state index contributed by atoms with van der Waals surface area (Å²) in [4.78, 5) is 15.3. The molecule has 4 nitrogen and oxygen atoms in total. The predicted octanol–water partition coefficient (Wildman–Crippen LogP) is 1.41. The number of carboxylic acids is 1. The maximum Gasteiger partial charge on any atom is 0.307 e. The molecule has 1 aliphatic heterocycles. The summed E-state index contributed by atoms with van der Waals surface area (Å²) in [6.45, 7) is 1.05. The van der Waals surface area contributed by atoms with Crippen LogP contribution < -0.4 is 0 Å². The van der Waals surface area contributed by atoms with Gasteiger partial charge >= 0.3 is 5.97 Å². The number of aryl methyl sites for hydroxylation is 2. The second kappa shape index (κ2) is 3.08. The molecular formula is C11H14N2O2. The molecule has 1 N–H and O–H groups in total. The summed E-state index contributed by atoms with van der Waals surface area (Å²) in [7, 11) is 0. The number of fused-ring (bicyclic) bond motifs is 1. The first-order valence-electron chi connectivity index (χ1n) is 5.54. The Kier molecular flexibility index (Phi) is 1.84. The number of aliphatic carboxylic acids is 1. The number of carbonyl (C=O) groups is 1. The average molecular weight is 206 g/mol. The number of aromatic nitrogens is 2. The van der Waals surface area contributed by atoms with Gasteiger partial charge in [0, 0.05) is 25.1 Å². The monoisotopic (exact) mass is 206 g/mol. The largest absolute Gasteiger partial charge is 0.481 e. The summed E-state index contributed by atoms with van der Waals surface area (Å²) >= 11 is 0. The minimum absolute atomic E-state index is 0.179. The van der Waals surface area contributed by atoms with Crippen molar-refractivity contribution >= 4 is 5.97 Å². The second-order valence-corrected chi connectivity index (χ2v) is 4.52. The van der Waals surface area contributed by atoms with Crippen LogP contribution in [0.25, 0.3) is 0 Å². The predicted molar refractivity (Wildman–Crippen MR) is 53.6 cm³/mol. The van der Waals surface area contributed by atoms with Crippen molar-refractivity contribution in [3.8, 4) is 0 Å². The molecule has 4 heteroatoms. The Morgan fingerprint density at radius 2 is 2.40 bits per heavy atom. The van der Waals surface area contributed by atoms with Crippen molar-refractivity contribution in [1.29, 1.82) is 0 Å². The first kappa shape index (κ1) is 8.95. The molecule has 0 radical (unpaired) electrons. The molecule has 1 aromatic heterocycles. The standard InChI is InChI=1S/C11H14N2O2/c14-11(15)8-5-7(8)9-6-13-4-2-1-3-10(13)12-9/h6-8H,1-5H2,(H,14,15). The molecule has 1 aliphatic carbocycles. The summed E-state index contributed by atoms with van der Waals surface area (Å²) in [5.41, 5.74) is 0.999. The highest BCUT2D eigenvalue weighted by molar-refractivity contribution is 5.75. The van der Waals surface area contributed by atoms with Crippen molar-refractivity contribution in [2.75, 3.05) is 0 Å². The third kappa shape index (κ3) is 1.44. The van der Waals surface area contributed by atoms with Crippen LogP contribution in [0.1, 0.15) is 36.7 Å². The van der Waals surface area contributed by atoms with E-state index >= 15 is 0 Å². The van der Waals surface area contributed by atoms with E-state index in [0.717, 1.165) is 30.9 Å². The van der Waals surface area contributed by atoms with Gasteiger partial charge in [0.15, 0.2) is 0 Å². The molecule has 2 aliphatic rings. The zero-order chi connectivity index (χ0) is 10.4. The van der Waals surface area contributed by atoms with Gasteiger partial charge in [-0.15, -0.1) is 0 Å². The Labute approximate surface area is 87.9 Å². The Hall–Kier alpha value is -1.32. The third-order valence-electron chi connectivity index (χ3n) is 3.41. The Bertz CT molecular complexity index is 387. The second-order valence-electron chi connectivity index (χ2n) is 4.52. The summed E-state index contributed by atoms with van der Waals surface area (Å²) < 4.78 is 2.19. The van der Waals surface area contributed by atoms with Crippen molar-refractivity contribution in [3.63, 3.8) is 0 Å². The van der Waals surface area contributed by atoms with Crippen molar-refractivity contribution in [1.82, 2.24) is 9.55 Å². The van der Waals surface area contributed by atoms with Gasteiger partial charge in [0.05, 0.1) is 11.6 Å². The number of nitrogens with zero attached hydrogens (tertiary/aromatic N) is 2. The molecule has 0 bridgehead atoms. The molecule has 2 heterocycles. The van der Waals surface area contributed by atoms with Gasteiger partial charge in [0.25, 0.3) is 0 Å². The Balaban J connectivity index is 1.82. The highest BCUT2D eigenvalue weighted by Gasteiger charge is 2.45. The fourth-order valence-electron chi connectivity index (χ4n) is 2.41. The lowest BCUT2D eigenvalue weighted by Gasteiger charge is -2.11. The van der Waals surface area contributed by atoms with Crippen LogP contribution in [0.5, 0.6) is 0 Å². The van der Waals surface area contributed by atoms with Gasteiger partial charge in [0.2, 0.25) is 0 Å². The van der Waals surface area contributed by atoms with E-state index in [0.29, 0.717) is 0 Å². The van der Waals surface area contributed by atoms with Gasteiger partial charge in [-0.05, 0) is 19.3 Å². The van der Waals surface area contributed by atoms with Gasteiger partial charge in [-0.25, -0.2) is 4.98 Å². The molecular weight excluding hydrogens is 192 g/mol. The van der Waals surface area contributed by atoms with E-state index in [-0.39, 0.29) is 11.8 Å². The molecule has 0 spiro atoms. The molecule has 2 atom stereocenters. The molecule has 3 rings (SSSR count). The normalized spacial score (nSPS) is 28.5. The van der Waals surface area contributed by atoms with Crippen molar-refractivity contribution in [3.05, 3.63) is 17.7 Å². The van der Waals surface area contributed by atoms with E-state index in [1.54, 1.807) is 0 Å². The minimum atomic E-state index is -0.675. The van der Waals surface area contributed by atoms with E-state index in [1.807, 2.05) is 0 Å². The first-order valence-corrected chi connectivity index (χ1v) is 5.54. The number of rotatable bonds is 2. The van der Waals surface area contributed by atoms with Crippen LogP contribution in [0.3, 0.4) is 0 Å². The highest BCUT2D eigenvalue weighted by atomic mass is 16.4. The van der Waals surface area contributed by atoms with Crippen LogP contribution in [-0.2, 0) is 17.8 Å². The number of carboxylic acid groups (broad SMARTS) is 1. The number of hydrogen-bond donors (Lipinski definition) is 1. The SMILES string of the molecule is O=C(O)C1CC1c1cn2c(n1)CCCC2. The van der Waals surface area contributed by atoms with Crippen LogP contribution in [-0.4, -0.2) is 20.6 Å². The Morgan fingerprint density at radius 1 is 1.53 bits per heavy atom. The topological polar surface area (TPSA) is 55.1 Å². The van der Waals surface area contributed by atoms with Gasteiger partial charge in [-0.1, -0.05) is 0 Å². The number of imidazole rings is 1. The maximum absolute atomic E-state index is 10.8. The smallest absolute Gasteiger partial charge is 0.307 e. The van der Waals surface area contributed by atoms with Gasteiger partial charge < -0.3 is 9.67 Å². The first-order chi connectivity index (χ1) is 7.25. The van der Waals surface area contributed by atoms with Crippen LogP contribution in [0.15, 0.2) is 6.20 Å². The molecule has 15 heavy (non-hydrogen) atoms. The Morgan fingerprint density at radius 3 is 3.07 bits per heavy atom. The lowest BCUT2D eigenvalue weighted by atomic mass is 10.2. The van der Waals surface area contributed by atoms with Crippen molar-refractivity contribution < 1.29 is 9.90 Å².